The molecular formula is C11H19N3S. The average Bonchev–Trinajstić information content (AvgIpc) is 2.64. The molecule has 1 aliphatic rings. The zero-order valence-corrected chi connectivity index (χ0v) is 10.1. The van der Waals surface area contributed by atoms with Crippen molar-refractivity contribution in [3.63, 3.8) is 0 Å². The molecule has 2 N–H and O–H groups in total. The Morgan fingerprint density at radius 1 is 1.67 bits per heavy atom. The Hall–Kier alpha value is -0.610. The first-order valence-corrected chi connectivity index (χ1v) is 6.58. The number of hydrogen-bond acceptors (Lipinski definition) is 4. The number of nitrogens with two attached hydrogens (primary N) is 1. The fourth-order valence-electron chi connectivity index (χ4n) is 2.25. The summed E-state index contributed by atoms with van der Waals surface area (Å²) in [6.45, 7) is 5.71. The van der Waals surface area contributed by atoms with Crippen molar-refractivity contribution >= 4 is 16.5 Å². The minimum Gasteiger partial charge on any atom is -0.375 e. The Morgan fingerprint density at radius 3 is 3.20 bits per heavy atom. The van der Waals surface area contributed by atoms with E-state index in [0.29, 0.717) is 5.13 Å². The van der Waals surface area contributed by atoms with Crippen LogP contribution >= 0.6 is 11.3 Å². The maximum absolute atomic E-state index is 5.63. The zero-order chi connectivity index (χ0) is 10.7. The molecule has 1 aliphatic heterocycles. The van der Waals surface area contributed by atoms with Gasteiger partial charge in [-0.25, -0.2) is 4.98 Å². The van der Waals surface area contributed by atoms with Gasteiger partial charge >= 0.3 is 0 Å². The van der Waals surface area contributed by atoms with Gasteiger partial charge in [0.25, 0.3) is 0 Å². The maximum atomic E-state index is 5.63. The number of thiazole rings is 1. The lowest BCUT2D eigenvalue weighted by Crippen LogP contribution is -2.34. The number of aromatic nitrogens is 1. The number of anilines is 1. The molecule has 1 saturated heterocycles. The van der Waals surface area contributed by atoms with Gasteiger partial charge in [-0.15, -0.1) is 11.3 Å². The highest BCUT2D eigenvalue weighted by Crippen LogP contribution is 2.21. The first-order chi connectivity index (χ1) is 7.28. The van der Waals surface area contributed by atoms with Crippen molar-refractivity contribution in [2.24, 2.45) is 5.92 Å². The molecule has 1 fully saturated rings. The number of piperidine rings is 1. The lowest BCUT2D eigenvalue weighted by molar-refractivity contribution is 0.163. The van der Waals surface area contributed by atoms with Crippen molar-refractivity contribution in [1.29, 1.82) is 0 Å². The molecule has 4 heteroatoms. The second-order valence-electron chi connectivity index (χ2n) is 4.33. The van der Waals surface area contributed by atoms with Crippen molar-refractivity contribution in [2.45, 2.75) is 32.7 Å². The Labute approximate surface area is 95.3 Å². The standard InChI is InChI=1S/C11H19N3S/c1-2-9-4-3-5-14(6-9)7-10-8-15-11(12)13-10/h8-9H,2-7H2,1H3,(H2,12,13). The topological polar surface area (TPSA) is 42.1 Å². The number of likely N-dealkylation sites (tertiary alicyclic amines) is 1. The first-order valence-electron chi connectivity index (χ1n) is 5.70. The highest BCUT2D eigenvalue weighted by molar-refractivity contribution is 7.13. The summed E-state index contributed by atoms with van der Waals surface area (Å²) in [5.41, 5.74) is 6.76. The largest absolute Gasteiger partial charge is 0.375 e. The van der Waals surface area contributed by atoms with Crippen LogP contribution in [0.1, 0.15) is 31.9 Å². The van der Waals surface area contributed by atoms with E-state index in [0.717, 1.165) is 18.2 Å². The molecule has 84 valence electrons. The van der Waals surface area contributed by atoms with Crippen molar-refractivity contribution in [2.75, 3.05) is 18.8 Å². The van der Waals surface area contributed by atoms with E-state index >= 15 is 0 Å². The predicted molar refractivity (Wildman–Crippen MR) is 64.8 cm³/mol. The van der Waals surface area contributed by atoms with Crippen molar-refractivity contribution in [3.05, 3.63) is 11.1 Å². The normalized spacial score (nSPS) is 23.1. The Balaban J connectivity index is 1.88. The molecule has 2 heterocycles. The number of hydrogen-bond donors (Lipinski definition) is 1. The summed E-state index contributed by atoms with van der Waals surface area (Å²) in [7, 11) is 0. The van der Waals surface area contributed by atoms with Crippen LogP contribution in [-0.4, -0.2) is 23.0 Å². The minimum atomic E-state index is 0.689. The molecule has 0 amide bonds. The fourth-order valence-corrected chi connectivity index (χ4v) is 2.81. The lowest BCUT2D eigenvalue weighted by Gasteiger charge is -2.31. The average molecular weight is 225 g/mol. The highest BCUT2D eigenvalue weighted by Gasteiger charge is 2.18. The molecule has 0 spiro atoms. The van der Waals surface area contributed by atoms with E-state index in [1.54, 1.807) is 0 Å². The van der Waals surface area contributed by atoms with Gasteiger partial charge in [-0.2, -0.15) is 0 Å². The number of nitrogen functional groups attached to an aromatic ring is 1. The molecule has 1 unspecified atom stereocenters. The SMILES string of the molecule is CCC1CCCN(Cc2csc(N)n2)C1. The summed E-state index contributed by atoms with van der Waals surface area (Å²) in [6, 6.07) is 0. The predicted octanol–water partition coefficient (Wildman–Crippen LogP) is 2.35. The van der Waals surface area contributed by atoms with Gasteiger partial charge in [0, 0.05) is 18.5 Å². The van der Waals surface area contributed by atoms with E-state index in [4.69, 9.17) is 5.73 Å². The third kappa shape index (κ3) is 2.92. The quantitative estimate of drug-likeness (QED) is 0.858. The van der Waals surface area contributed by atoms with Gasteiger partial charge in [-0.3, -0.25) is 4.90 Å². The lowest BCUT2D eigenvalue weighted by atomic mass is 9.96. The third-order valence-electron chi connectivity index (χ3n) is 3.14. The van der Waals surface area contributed by atoms with Gasteiger partial charge < -0.3 is 5.73 Å². The smallest absolute Gasteiger partial charge is 0.180 e. The third-order valence-corrected chi connectivity index (χ3v) is 3.86. The Bertz CT molecular complexity index is 311. The Kier molecular flexibility index (Phi) is 3.59. The summed E-state index contributed by atoms with van der Waals surface area (Å²) in [5, 5.41) is 2.76. The highest BCUT2D eigenvalue weighted by atomic mass is 32.1. The number of nitrogens with zero attached hydrogens (tertiary/aromatic N) is 2. The van der Waals surface area contributed by atoms with Crippen LogP contribution in [0.15, 0.2) is 5.38 Å². The van der Waals surface area contributed by atoms with Gasteiger partial charge in [-0.05, 0) is 25.3 Å². The summed E-state index contributed by atoms with van der Waals surface area (Å²) in [6.07, 6.45) is 4.03. The van der Waals surface area contributed by atoms with Crippen LogP contribution in [0.5, 0.6) is 0 Å². The van der Waals surface area contributed by atoms with E-state index in [2.05, 4.69) is 22.2 Å². The van der Waals surface area contributed by atoms with Crippen molar-refractivity contribution in [1.82, 2.24) is 9.88 Å². The maximum Gasteiger partial charge on any atom is 0.180 e. The van der Waals surface area contributed by atoms with Crippen LogP contribution in [0.3, 0.4) is 0 Å². The van der Waals surface area contributed by atoms with Crippen LogP contribution in [0.4, 0.5) is 5.13 Å². The number of rotatable bonds is 3. The zero-order valence-electron chi connectivity index (χ0n) is 9.28. The van der Waals surface area contributed by atoms with Crippen LogP contribution in [0.2, 0.25) is 0 Å². The first kappa shape index (κ1) is 10.9. The summed E-state index contributed by atoms with van der Waals surface area (Å²) in [4.78, 5) is 6.82. The summed E-state index contributed by atoms with van der Waals surface area (Å²) < 4.78 is 0. The molecule has 1 aromatic rings. The molecular weight excluding hydrogens is 206 g/mol. The van der Waals surface area contributed by atoms with E-state index < -0.39 is 0 Å². The molecule has 1 atom stereocenters. The molecule has 0 aliphatic carbocycles. The van der Waals surface area contributed by atoms with Gasteiger partial charge in [0.1, 0.15) is 0 Å². The van der Waals surface area contributed by atoms with Gasteiger partial charge in [0.2, 0.25) is 0 Å². The van der Waals surface area contributed by atoms with Gasteiger partial charge in [0.15, 0.2) is 5.13 Å². The molecule has 1 aromatic heterocycles. The van der Waals surface area contributed by atoms with E-state index in [9.17, 15) is 0 Å². The van der Waals surface area contributed by atoms with Crippen molar-refractivity contribution in [3.8, 4) is 0 Å². The second kappa shape index (κ2) is 4.94. The summed E-state index contributed by atoms with van der Waals surface area (Å²) in [5.74, 6) is 0.884. The molecule has 0 saturated carbocycles. The van der Waals surface area contributed by atoms with E-state index in [1.165, 1.54) is 43.7 Å². The molecule has 3 nitrogen and oxygen atoms in total. The monoisotopic (exact) mass is 225 g/mol. The molecule has 0 radical (unpaired) electrons. The van der Waals surface area contributed by atoms with Crippen LogP contribution < -0.4 is 5.73 Å². The molecule has 0 aromatic carbocycles. The van der Waals surface area contributed by atoms with Crippen LogP contribution in [0.25, 0.3) is 0 Å². The van der Waals surface area contributed by atoms with E-state index in [-0.39, 0.29) is 0 Å². The molecule has 15 heavy (non-hydrogen) atoms. The van der Waals surface area contributed by atoms with Crippen LogP contribution in [-0.2, 0) is 6.54 Å². The van der Waals surface area contributed by atoms with E-state index in [1.807, 2.05) is 0 Å². The van der Waals surface area contributed by atoms with Crippen LogP contribution in [0, 0.1) is 5.92 Å². The van der Waals surface area contributed by atoms with Gasteiger partial charge in [-0.1, -0.05) is 13.3 Å². The Morgan fingerprint density at radius 2 is 2.53 bits per heavy atom. The molecule has 2 rings (SSSR count). The minimum absolute atomic E-state index is 0.689. The second-order valence-corrected chi connectivity index (χ2v) is 5.22. The van der Waals surface area contributed by atoms with Gasteiger partial charge in [0.05, 0.1) is 5.69 Å². The van der Waals surface area contributed by atoms with Crippen molar-refractivity contribution < 1.29 is 0 Å². The summed E-state index contributed by atoms with van der Waals surface area (Å²) >= 11 is 1.54. The molecule has 0 bridgehead atoms. The fraction of sp³-hybridized carbons (Fsp3) is 0.727.